The third kappa shape index (κ3) is 5.29. The first-order valence-corrected chi connectivity index (χ1v) is 10.8. The molecule has 4 aromatic rings. The van der Waals surface area contributed by atoms with Gasteiger partial charge in [0.15, 0.2) is 5.84 Å². The molecule has 0 bridgehead atoms. The SMILES string of the molecule is C=C(N=C(N=C(C)Cl)c1cccc(-c2ccccc2)c1)c1cccc(-c2ccccc2)c1. The number of nitrogens with zero attached hydrogens (tertiary/aromatic N) is 2. The molecule has 0 atom stereocenters. The summed E-state index contributed by atoms with van der Waals surface area (Å²) in [4.78, 5) is 9.28. The molecule has 0 aliphatic rings. The maximum atomic E-state index is 6.15. The van der Waals surface area contributed by atoms with Crippen LogP contribution in [0.1, 0.15) is 18.1 Å². The summed E-state index contributed by atoms with van der Waals surface area (Å²) in [5, 5.41) is 0.416. The van der Waals surface area contributed by atoms with E-state index in [4.69, 9.17) is 16.6 Å². The fourth-order valence-corrected chi connectivity index (χ4v) is 3.55. The highest BCUT2D eigenvalue weighted by molar-refractivity contribution is 6.65. The highest BCUT2D eigenvalue weighted by Crippen LogP contribution is 2.25. The van der Waals surface area contributed by atoms with Crippen LogP contribution in [0, 0.1) is 0 Å². The second-order valence-electron chi connectivity index (χ2n) is 7.38. The number of benzene rings is 4. The van der Waals surface area contributed by atoms with Crippen LogP contribution in [0.3, 0.4) is 0 Å². The van der Waals surface area contributed by atoms with Crippen LogP contribution in [-0.2, 0) is 0 Å². The topological polar surface area (TPSA) is 24.7 Å². The van der Waals surface area contributed by atoms with Gasteiger partial charge in [-0.2, -0.15) is 0 Å². The molecule has 3 heteroatoms. The van der Waals surface area contributed by atoms with Crippen molar-refractivity contribution in [1.82, 2.24) is 0 Å². The second kappa shape index (κ2) is 10.0. The summed E-state index contributed by atoms with van der Waals surface area (Å²) in [5.41, 5.74) is 6.94. The summed E-state index contributed by atoms with van der Waals surface area (Å²) in [6, 6.07) is 36.8. The molecule has 0 fully saturated rings. The van der Waals surface area contributed by atoms with E-state index in [1.807, 2.05) is 60.7 Å². The second-order valence-corrected chi connectivity index (χ2v) is 7.93. The summed E-state index contributed by atoms with van der Waals surface area (Å²) in [6.45, 7) is 5.96. The lowest BCUT2D eigenvalue weighted by atomic mass is 10.0. The molecule has 0 spiro atoms. The summed E-state index contributed by atoms with van der Waals surface area (Å²) >= 11 is 6.15. The Labute approximate surface area is 194 Å². The van der Waals surface area contributed by atoms with Crippen molar-refractivity contribution in [3.8, 4) is 22.3 Å². The Morgan fingerprint density at radius 3 is 1.59 bits per heavy atom. The predicted molar refractivity (Wildman–Crippen MR) is 138 cm³/mol. The molecule has 4 aromatic carbocycles. The highest BCUT2D eigenvalue weighted by atomic mass is 35.5. The molecule has 0 N–H and O–H groups in total. The minimum absolute atomic E-state index is 0.416. The molecule has 0 radical (unpaired) electrons. The van der Waals surface area contributed by atoms with Crippen molar-refractivity contribution in [2.75, 3.05) is 0 Å². The van der Waals surface area contributed by atoms with Crippen molar-refractivity contribution in [3.63, 3.8) is 0 Å². The number of hydrogen-bond acceptors (Lipinski definition) is 1. The van der Waals surface area contributed by atoms with Crippen LogP contribution in [0.5, 0.6) is 0 Å². The number of halogens is 1. The van der Waals surface area contributed by atoms with Gasteiger partial charge in [0, 0.05) is 11.1 Å². The lowest BCUT2D eigenvalue weighted by Gasteiger charge is -2.09. The third-order valence-corrected chi connectivity index (χ3v) is 5.12. The Morgan fingerprint density at radius 2 is 1.06 bits per heavy atom. The Balaban J connectivity index is 1.71. The first kappa shape index (κ1) is 21.5. The Hall–Kier alpha value is -3.75. The minimum atomic E-state index is 0.416. The smallest absolute Gasteiger partial charge is 0.161 e. The summed E-state index contributed by atoms with van der Waals surface area (Å²) in [7, 11) is 0. The van der Waals surface area contributed by atoms with E-state index in [0.717, 1.165) is 33.4 Å². The maximum absolute atomic E-state index is 6.15. The van der Waals surface area contributed by atoms with Crippen molar-refractivity contribution in [3.05, 3.63) is 127 Å². The zero-order valence-electron chi connectivity index (χ0n) is 17.9. The van der Waals surface area contributed by atoms with Gasteiger partial charge in [-0.1, -0.05) is 115 Å². The molecule has 0 aromatic heterocycles. The lowest BCUT2D eigenvalue weighted by molar-refractivity contribution is 1.45. The van der Waals surface area contributed by atoms with Crippen LogP contribution in [-0.4, -0.2) is 11.0 Å². The standard InChI is InChI=1S/C29H23ClN2/c1-21(25-15-9-16-26(19-25)23-11-5-3-6-12-23)31-29(32-22(2)30)28-18-10-17-27(20-28)24-13-7-4-8-14-24/h3-20H,1H2,2H3. The van der Waals surface area contributed by atoms with Crippen molar-refractivity contribution in [2.24, 2.45) is 9.98 Å². The van der Waals surface area contributed by atoms with Crippen LogP contribution in [0.2, 0.25) is 0 Å². The molecule has 156 valence electrons. The van der Waals surface area contributed by atoms with Crippen LogP contribution >= 0.6 is 11.6 Å². The fourth-order valence-electron chi connectivity index (χ4n) is 3.47. The van der Waals surface area contributed by atoms with Gasteiger partial charge in [-0.3, -0.25) is 0 Å². The van der Waals surface area contributed by atoms with E-state index in [1.165, 1.54) is 0 Å². The van der Waals surface area contributed by atoms with Gasteiger partial charge in [-0.25, -0.2) is 9.98 Å². The van der Waals surface area contributed by atoms with Gasteiger partial charge in [0.1, 0.15) is 5.17 Å². The summed E-state index contributed by atoms with van der Waals surface area (Å²) in [5.74, 6) is 0.533. The van der Waals surface area contributed by atoms with Gasteiger partial charge in [-0.15, -0.1) is 0 Å². The van der Waals surface area contributed by atoms with Gasteiger partial charge in [0.2, 0.25) is 0 Å². The van der Waals surface area contributed by atoms with Gasteiger partial charge < -0.3 is 0 Å². The Bertz CT molecular complexity index is 1290. The molecule has 0 saturated heterocycles. The van der Waals surface area contributed by atoms with Crippen LogP contribution in [0.15, 0.2) is 126 Å². The first-order chi connectivity index (χ1) is 15.6. The van der Waals surface area contributed by atoms with E-state index in [2.05, 4.69) is 60.1 Å². The fraction of sp³-hybridized carbons (Fsp3) is 0.0345. The average Bonchev–Trinajstić information content (AvgIpc) is 2.84. The van der Waals surface area contributed by atoms with Gasteiger partial charge in [0.05, 0.1) is 5.70 Å². The largest absolute Gasteiger partial charge is 0.229 e. The highest BCUT2D eigenvalue weighted by Gasteiger charge is 2.08. The molecular formula is C29H23ClN2. The third-order valence-electron chi connectivity index (χ3n) is 5.03. The predicted octanol–water partition coefficient (Wildman–Crippen LogP) is 8.10. The summed E-state index contributed by atoms with van der Waals surface area (Å²) < 4.78 is 0. The minimum Gasteiger partial charge on any atom is -0.229 e. The van der Waals surface area contributed by atoms with Crippen molar-refractivity contribution in [2.45, 2.75) is 6.92 Å². The molecule has 4 rings (SSSR count). The van der Waals surface area contributed by atoms with Crippen LogP contribution in [0.25, 0.3) is 28.0 Å². The zero-order chi connectivity index (χ0) is 22.3. The Kier molecular flexibility index (Phi) is 6.74. The number of hydrogen-bond donors (Lipinski definition) is 0. The number of rotatable bonds is 5. The molecule has 0 unspecified atom stereocenters. The molecule has 32 heavy (non-hydrogen) atoms. The molecule has 0 heterocycles. The van der Waals surface area contributed by atoms with E-state index in [1.54, 1.807) is 6.92 Å². The zero-order valence-corrected chi connectivity index (χ0v) is 18.6. The van der Waals surface area contributed by atoms with Gasteiger partial charge in [0.25, 0.3) is 0 Å². The number of amidine groups is 1. The monoisotopic (exact) mass is 434 g/mol. The van der Waals surface area contributed by atoms with Crippen LogP contribution in [0.4, 0.5) is 0 Å². The quantitative estimate of drug-likeness (QED) is 0.224. The normalized spacial score (nSPS) is 11.9. The van der Waals surface area contributed by atoms with Gasteiger partial charge >= 0.3 is 0 Å². The van der Waals surface area contributed by atoms with E-state index < -0.39 is 0 Å². The number of aliphatic imine (C=N–C) groups is 2. The first-order valence-electron chi connectivity index (χ1n) is 10.4. The Morgan fingerprint density at radius 1 is 0.594 bits per heavy atom. The van der Waals surface area contributed by atoms with E-state index in [-0.39, 0.29) is 0 Å². The van der Waals surface area contributed by atoms with Crippen molar-refractivity contribution >= 4 is 28.3 Å². The van der Waals surface area contributed by atoms with Crippen molar-refractivity contribution < 1.29 is 0 Å². The maximum Gasteiger partial charge on any atom is 0.161 e. The van der Waals surface area contributed by atoms with Crippen molar-refractivity contribution in [1.29, 1.82) is 0 Å². The van der Waals surface area contributed by atoms with E-state index in [0.29, 0.717) is 16.7 Å². The molecule has 0 aliphatic carbocycles. The van der Waals surface area contributed by atoms with Gasteiger partial charge in [-0.05, 0) is 41.3 Å². The van der Waals surface area contributed by atoms with Crippen LogP contribution < -0.4 is 0 Å². The summed E-state index contributed by atoms with van der Waals surface area (Å²) in [6.07, 6.45) is 0. The average molecular weight is 435 g/mol. The molecule has 2 nitrogen and oxygen atoms in total. The molecule has 0 amide bonds. The molecule has 0 saturated carbocycles. The lowest BCUT2D eigenvalue weighted by Crippen LogP contribution is -2.00. The molecule has 0 aliphatic heterocycles. The van der Waals surface area contributed by atoms with E-state index in [9.17, 15) is 0 Å². The molecular weight excluding hydrogens is 412 g/mol. The van der Waals surface area contributed by atoms with E-state index >= 15 is 0 Å².